The lowest BCUT2D eigenvalue weighted by Gasteiger charge is -2.09. The highest BCUT2D eigenvalue weighted by Gasteiger charge is 2.09. The van der Waals surface area contributed by atoms with Crippen molar-refractivity contribution >= 4 is 11.9 Å². The van der Waals surface area contributed by atoms with E-state index in [2.05, 4.69) is 15.6 Å². The first-order chi connectivity index (χ1) is 11.6. The van der Waals surface area contributed by atoms with Crippen molar-refractivity contribution in [2.45, 2.75) is 13.8 Å². The number of nitriles is 1. The molecule has 4 heteroatoms. The Labute approximate surface area is 140 Å². The largest absolute Gasteiger partial charge is 0.318 e. The lowest BCUT2D eigenvalue weighted by molar-refractivity contribution is 0.627. The third-order valence-electron chi connectivity index (χ3n) is 3.90. The zero-order valence-corrected chi connectivity index (χ0v) is 13.5. The summed E-state index contributed by atoms with van der Waals surface area (Å²) in [5.74, 6) is -0.246. The molecule has 3 aromatic rings. The van der Waals surface area contributed by atoms with Crippen molar-refractivity contribution in [3.05, 3.63) is 82.9 Å². The molecular weight excluding hydrogens is 301 g/mol. The first-order valence-electron chi connectivity index (χ1n) is 7.57. The van der Waals surface area contributed by atoms with Crippen LogP contribution < -0.4 is 0 Å². The van der Waals surface area contributed by atoms with E-state index in [1.54, 1.807) is 24.3 Å². The van der Waals surface area contributed by atoms with Crippen LogP contribution in [0.25, 0.3) is 5.69 Å². The summed E-state index contributed by atoms with van der Waals surface area (Å²) in [6, 6.07) is 17.7. The minimum Gasteiger partial charge on any atom is -0.318 e. The van der Waals surface area contributed by atoms with Gasteiger partial charge in [0.15, 0.2) is 0 Å². The molecule has 0 saturated carbocycles. The van der Waals surface area contributed by atoms with Gasteiger partial charge < -0.3 is 4.57 Å². The molecule has 2 aromatic carbocycles. The predicted molar refractivity (Wildman–Crippen MR) is 93.6 cm³/mol. The lowest BCUT2D eigenvalue weighted by atomic mass is 10.2. The highest BCUT2D eigenvalue weighted by Crippen LogP contribution is 2.21. The monoisotopic (exact) mass is 317 g/mol. The van der Waals surface area contributed by atoms with E-state index in [-0.39, 0.29) is 5.82 Å². The average Bonchev–Trinajstić information content (AvgIpc) is 2.88. The van der Waals surface area contributed by atoms with E-state index in [0.29, 0.717) is 5.56 Å². The van der Waals surface area contributed by atoms with Gasteiger partial charge in [-0.15, -0.1) is 0 Å². The maximum atomic E-state index is 13.1. The molecule has 0 radical (unpaired) electrons. The second-order valence-electron chi connectivity index (χ2n) is 5.56. The van der Waals surface area contributed by atoms with Gasteiger partial charge in [-0.25, -0.2) is 4.39 Å². The van der Waals surface area contributed by atoms with Crippen LogP contribution >= 0.6 is 0 Å². The van der Waals surface area contributed by atoms with Crippen LogP contribution in [0.4, 0.5) is 10.1 Å². The molecule has 0 aliphatic heterocycles. The summed E-state index contributed by atoms with van der Waals surface area (Å²) in [7, 11) is 0. The Morgan fingerprint density at radius 2 is 1.71 bits per heavy atom. The van der Waals surface area contributed by atoms with Gasteiger partial charge in [0.05, 0.1) is 17.3 Å². The van der Waals surface area contributed by atoms with E-state index in [1.165, 1.54) is 12.1 Å². The van der Waals surface area contributed by atoms with Gasteiger partial charge in [0, 0.05) is 28.9 Å². The fraction of sp³-hybridized carbons (Fsp3) is 0.100. The van der Waals surface area contributed by atoms with E-state index < -0.39 is 0 Å². The third kappa shape index (κ3) is 3.11. The third-order valence-corrected chi connectivity index (χ3v) is 3.90. The zero-order chi connectivity index (χ0) is 17.1. The number of nitrogens with zero attached hydrogens (tertiary/aromatic N) is 3. The predicted octanol–water partition coefficient (Wildman–Crippen LogP) is 4.86. The molecule has 3 nitrogen and oxygen atoms in total. The van der Waals surface area contributed by atoms with Gasteiger partial charge in [-0.3, -0.25) is 4.99 Å². The highest BCUT2D eigenvalue weighted by molar-refractivity contribution is 5.84. The zero-order valence-electron chi connectivity index (χ0n) is 13.5. The van der Waals surface area contributed by atoms with E-state index in [9.17, 15) is 4.39 Å². The molecule has 0 spiro atoms. The molecule has 0 fully saturated rings. The topological polar surface area (TPSA) is 41.1 Å². The Balaban J connectivity index is 1.92. The fourth-order valence-corrected chi connectivity index (χ4v) is 2.67. The smallest absolute Gasteiger partial charge is 0.123 e. The minimum atomic E-state index is -0.246. The number of hydrogen-bond donors (Lipinski definition) is 0. The molecule has 0 bridgehead atoms. The summed E-state index contributed by atoms with van der Waals surface area (Å²) in [6.07, 6.45) is 1.81. The molecule has 118 valence electrons. The number of halogens is 1. The van der Waals surface area contributed by atoms with Gasteiger partial charge >= 0.3 is 0 Å². The van der Waals surface area contributed by atoms with Crippen molar-refractivity contribution in [2.24, 2.45) is 4.99 Å². The molecule has 24 heavy (non-hydrogen) atoms. The van der Waals surface area contributed by atoms with Gasteiger partial charge in [-0.1, -0.05) is 0 Å². The van der Waals surface area contributed by atoms with Gasteiger partial charge in [0.25, 0.3) is 0 Å². The second kappa shape index (κ2) is 6.51. The first-order valence-corrected chi connectivity index (χ1v) is 7.57. The van der Waals surface area contributed by atoms with Gasteiger partial charge in [0.2, 0.25) is 0 Å². The molecule has 0 amide bonds. The average molecular weight is 317 g/mol. The van der Waals surface area contributed by atoms with Crippen LogP contribution in [0.1, 0.15) is 22.5 Å². The van der Waals surface area contributed by atoms with Crippen LogP contribution in [0.2, 0.25) is 0 Å². The molecule has 0 unspecified atom stereocenters. The first kappa shape index (κ1) is 15.7. The van der Waals surface area contributed by atoms with Gasteiger partial charge in [-0.05, 0) is 68.4 Å². The molecule has 0 aliphatic carbocycles. The van der Waals surface area contributed by atoms with Crippen molar-refractivity contribution in [3.8, 4) is 11.8 Å². The van der Waals surface area contributed by atoms with Crippen LogP contribution in [-0.2, 0) is 0 Å². The van der Waals surface area contributed by atoms with Crippen LogP contribution in [-0.4, -0.2) is 10.8 Å². The minimum absolute atomic E-state index is 0.246. The number of aliphatic imine (C=N–C) groups is 1. The van der Waals surface area contributed by atoms with Crippen molar-refractivity contribution < 1.29 is 4.39 Å². The summed E-state index contributed by atoms with van der Waals surface area (Å²) >= 11 is 0. The fourth-order valence-electron chi connectivity index (χ4n) is 2.67. The standard InChI is InChI=1S/C20H16FN3/c1-14-11-17(13-23-19-7-3-16(12-22)4-8-19)15(2)24(14)20-9-5-18(21)6-10-20/h3-11,13H,1-2H3. The van der Waals surface area contributed by atoms with E-state index in [4.69, 9.17) is 5.26 Å². The summed E-state index contributed by atoms with van der Waals surface area (Å²) in [4.78, 5) is 4.47. The maximum Gasteiger partial charge on any atom is 0.123 e. The lowest BCUT2D eigenvalue weighted by Crippen LogP contribution is -1.99. The van der Waals surface area contributed by atoms with E-state index in [1.807, 2.05) is 38.3 Å². The van der Waals surface area contributed by atoms with Crippen LogP contribution in [0.3, 0.4) is 0 Å². The number of benzene rings is 2. The van der Waals surface area contributed by atoms with Crippen molar-refractivity contribution in [1.29, 1.82) is 5.26 Å². The number of aromatic nitrogens is 1. The molecular formula is C20H16FN3. The number of rotatable bonds is 3. The Morgan fingerprint density at radius 1 is 1.04 bits per heavy atom. The summed E-state index contributed by atoms with van der Waals surface area (Å²) in [5, 5.41) is 8.82. The highest BCUT2D eigenvalue weighted by atomic mass is 19.1. The number of hydrogen-bond acceptors (Lipinski definition) is 2. The summed E-state index contributed by atoms with van der Waals surface area (Å²) < 4.78 is 15.2. The van der Waals surface area contributed by atoms with Crippen molar-refractivity contribution in [2.75, 3.05) is 0 Å². The van der Waals surface area contributed by atoms with Crippen molar-refractivity contribution in [3.63, 3.8) is 0 Å². The Morgan fingerprint density at radius 3 is 2.33 bits per heavy atom. The Kier molecular flexibility index (Phi) is 4.26. The van der Waals surface area contributed by atoms with E-state index in [0.717, 1.165) is 28.3 Å². The molecule has 1 aromatic heterocycles. The van der Waals surface area contributed by atoms with Gasteiger partial charge in [-0.2, -0.15) is 5.26 Å². The molecule has 1 heterocycles. The number of aryl methyl sites for hydroxylation is 1. The molecule has 0 aliphatic rings. The van der Waals surface area contributed by atoms with Crippen LogP contribution in [0, 0.1) is 31.0 Å². The molecule has 3 rings (SSSR count). The van der Waals surface area contributed by atoms with Crippen molar-refractivity contribution in [1.82, 2.24) is 4.57 Å². The molecule has 0 atom stereocenters. The summed E-state index contributed by atoms with van der Waals surface area (Å²) in [5.41, 5.74) is 5.42. The second-order valence-corrected chi connectivity index (χ2v) is 5.56. The van der Waals surface area contributed by atoms with Crippen LogP contribution in [0.5, 0.6) is 0 Å². The van der Waals surface area contributed by atoms with E-state index >= 15 is 0 Å². The summed E-state index contributed by atoms with van der Waals surface area (Å²) in [6.45, 7) is 4.02. The molecule has 0 saturated heterocycles. The quantitative estimate of drug-likeness (QED) is 0.636. The maximum absolute atomic E-state index is 13.1. The Hall–Kier alpha value is -3.19. The Bertz CT molecular complexity index is 927. The molecule has 0 N–H and O–H groups in total. The SMILES string of the molecule is Cc1cc(C=Nc2ccc(C#N)cc2)c(C)n1-c1ccc(F)cc1. The van der Waals surface area contributed by atoms with Crippen LogP contribution in [0.15, 0.2) is 59.6 Å². The van der Waals surface area contributed by atoms with Gasteiger partial charge in [0.1, 0.15) is 5.82 Å². The normalized spacial score (nSPS) is 10.9.